The third-order valence-electron chi connectivity index (χ3n) is 2.28. The van der Waals surface area contributed by atoms with Crippen molar-refractivity contribution >= 4 is 35.1 Å². The van der Waals surface area contributed by atoms with Crippen LogP contribution in [0.2, 0.25) is 0 Å². The van der Waals surface area contributed by atoms with Crippen LogP contribution in [0.15, 0.2) is 17.5 Å². The molecule has 0 fully saturated rings. The van der Waals surface area contributed by atoms with Crippen molar-refractivity contribution in [2.24, 2.45) is 0 Å². The van der Waals surface area contributed by atoms with Crippen LogP contribution in [0.5, 0.6) is 0 Å². The zero-order valence-corrected chi connectivity index (χ0v) is 11.7. The zero-order valence-electron chi connectivity index (χ0n) is 10.0. The molecule has 1 heterocycles. The van der Waals surface area contributed by atoms with Gasteiger partial charge in [0.2, 0.25) is 0 Å². The SMILES string of the molecule is CSCCN(C)Cc1sccc1/C=C/C(=O)O. The molecule has 0 amide bonds. The van der Waals surface area contributed by atoms with Gasteiger partial charge < -0.3 is 10.0 Å². The Morgan fingerprint density at radius 3 is 3.06 bits per heavy atom. The maximum atomic E-state index is 10.5. The molecule has 17 heavy (non-hydrogen) atoms. The quantitative estimate of drug-likeness (QED) is 0.774. The second-order valence-electron chi connectivity index (χ2n) is 3.70. The van der Waals surface area contributed by atoms with Crippen molar-refractivity contribution in [2.45, 2.75) is 6.54 Å². The van der Waals surface area contributed by atoms with Crippen LogP contribution in [-0.2, 0) is 11.3 Å². The summed E-state index contributed by atoms with van der Waals surface area (Å²) in [5, 5.41) is 10.6. The molecule has 94 valence electrons. The summed E-state index contributed by atoms with van der Waals surface area (Å²) in [6.45, 7) is 1.92. The summed E-state index contributed by atoms with van der Waals surface area (Å²) in [6, 6.07) is 1.96. The standard InChI is InChI=1S/C12H17NO2S2/c1-13(6-8-16-2)9-11-10(5-7-17-11)3-4-12(14)15/h3-5,7H,6,8-9H2,1-2H3,(H,14,15)/b4-3+. The van der Waals surface area contributed by atoms with Crippen LogP contribution in [0, 0.1) is 0 Å². The lowest BCUT2D eigenvalue weighted by Gasteiger charge is -2.15. The number of thiophene rings is 1. The Morgan fingerprint density at radius 2 is 2.41 bits per heavy atom. The van der Waals surface area contributed by atoms with E-state index in [0.717, 1.165) is 24.4 Å². The first-order valence-electron chi connectivity index (χ1n) is 5.28. The molecule has 0 aromatic carbocycles. The van der Waals surface area contributed by atoms with E-state index < -0.39 is 5.97 Å². The van der Waals surface area contributed by atoms with Gasteiger partial charge in [-0.15, -0.1) is 11.3 Å². The molecule has 3 nitrogen and oxygen atoms in total. The van der Waals surface area contributed by atoms with Gasteiger partial charge >= 0.3 is 5.97 Å². The smallest absolute Gasteiger partial charge is 0.328 e. The Bertz CT molecular complexity index is 388. The fourth-order valence-electron chi connectivity index (χ4n) is 1.36. The van der Waals surface area contributed by atoms with Gasteiger partial charge in [-0.3, -0.25) is 0 Å². The molecule has 0 bridgehead atoms. The first-order valence-corrected chi connectivity index (χ1v) is 7.55. The number of nitrogens with zero attached hydrogens (tertiary/aromatic N) is 1. The van der Waals surface area contributed by atoms with Crippen LogP contribution in [0.25, 0.3) is 6.08 Å². The molecule has 0 saturated heterocycles. The van der Waals surface area contributed by atoms with Crippen LogP contribution >= 0.6 is 23.1 Å². The van der Waals surface area contributed by atoms with Gasteiger partial charge in [0.25, 0.3) is 0 Å². The molecule has 0 unspecified atom stereocenters. The van der Waals surface area contributed by atoms with Gasteiger partial charge in [0.1, 0.15) is 0 Å². The Hall–Kier alpha value is -0.780. The summed E-state index contributed by atoms with van der Waals surface area (Å²) in [5.74, 6) is 0.209. The van der Waals surface area contributed by atoms with Gasteiger partial charge in [0.05, 0.1) is 0 Å². The minimum Gasteiger partial charge on any atom is -0.478 e. The Labute approximate surface area is 110 Å². The lowest BCUT2D eigenvalue weighted by atomic mass is 10.2. The second-order valence-corrected chi connectivity index (χ2v) is 5.69. The Kier molecular flexibility index (Phi) is 6.32. The van der Waals surface area contributed by atoms with Gasteiger partial charge in [-0.05, 0) is 36.4 Å². The van der Waals surface area contributed by atoms with E-state index in [1.807, 2.05) is 23.2 Å². The molecule has 1 rings (SSSR count). The first-order chi connectivity index (χ1) is 8.13. The number of hydrogen-bond donors (Lipinski definition) is 1. The zero-order chi connectivity index (χ0) is 12.7. The van der Waals surface area contributed by atoms with Gasteiger partial charge in [-0.1, -0.05) is 0 Å². The topological polar surface area (TPSA) is 40.5 Å². The Morgan fingerprint density at radius 1 is 1.65 bits per heavy atom. The fourth-order valence-corrected chi connectivity index (χ4v) is 2.80. The van der Waals surface area contributed by atoms with Gasteiger partial charge in [0.15, 0.2) is 0 Å². The third-order valence-corrected chi connectivity index (χ3v) is 3.79. The number of carbonyl (C=O) groups is 1. The lowest BCUT2D eigenvalue weighted by molar-refractivity contribution is -0.131. The van der Waals surface area contributed by atoms with Crippen molar-refractivity contribution in [1.29, 1.82) is 0 Å². The van der Waals surface area contributed by atoms with E-state index in [1.165, 1.54) is 11.0 Å². The maximum absolute atomic E-state index is 10.5. The monoisotopic (exact) mass is 271 g/mol. The van der Waals surface area contributed by atoms with E-state index in [2.05, 4.69) is 18.2 Å². The van der Waals surface area contributed by atoms with Crippen LogP contribution in [-0.4, -0.2) is 41.6 Å². The number of hydrogen-bond acceptors (Lipinski definition) is 4. The lowest BCUT2D eigenvalue weighted by Crippen LogP contribution is -2.20. The van der Waals surface area contributed by atoms with Crippen LogP contribution in [0.4, 0.5) is 0 Å². The maximum Gasteiger partial charge on any atom is 0.328 e. The molecule has 1 aromatic rings. The number of thioether (sulfide) groups is 1. The summed E-state index contributed by atoms with van der Waals surface area (Å²) in [5.41, 5.74) is 1.01. The van der Waals surface area contributed by atoms with E-state index in [9.17, 15) is 4.79 Å². The van der Waals surface area contributed by atoms with E-state index >= 15 is 0 Å². The fraction of sp³-hybridized carbons (Fsp3) is 0.417. The van der Waals surface area contributed by atoms with Crippen LogP contribution in [0.3, 0.4) is 0 Å². The third kappa shape index (κ3) is 5.39. The second kappa shape index (κ2) is 7.53. The van der Waals surface area contributed by atoms with Crippen molar-refractivity contribution in [1.82, 2.24) is 4.90 Å². The van der Waals surface area contributed by atoms with Gasteiger partial charge in [0, 0.05) is 29.8 Å². The molecule has 0 saturated carbocycles. The summed E-state index contributed by atoms with van der Waals surface area (Å²) >= 11 is 3.50. The van der Waals surface area contributed by atoms with Gasteiger partial charge in [-0.2, -0.15) is 11.8 Å². The molecule has 0 aliphatic rings. The molecule has 0 radical (unpaired) electrons. The highest BCUT2D eigenvalue weighted by Gasteiger charge is 2.05. The van der Waals surface area contributed by atoms with Crippen molar-refractivity contribution in [2.75, 3.05) is 25.6 Å². The molecule has 0 atom stereocenters. The van der Waals surface area contributed by atoms with Crippen molar-refractivity contribution in [3.63, 3.8) is 0 Å². The normalized spacial score (nSPS) is 11.5. The van der Waals surface area contributed by atoms with Gasteiger partial charge in [-0.25, -0.2) is 4.79 Å². The summed E-state index contributed by atoms with van der Waals surface area (Å²) in [6.07, 6.45) is 4.95. The summed E-state index contributed by atoms with van der Waals surface area (Å²) in [7, 11) is 2.08. The van der Waals surface area contributed by atoms with Crippen LogP contribution in [0.1, 0.15) is 10.4 Å². The highest BCUT2D eigenvalue weighted by atomic mass is 32.2. The van der Waals surface area contributed by atoms with E-state index in [-0.39, 0.29) is 0 Å². The minimum absolute atomic E-state index is 0.873. The molecular weight excluding hydrogens is 254 g/mol. The molecule has 0 aliphatic carbocycles. The summed E-state index contributed by atoms with van der Waals surface area (Å²) < 4.78 is 0. The molecule has 1 aromatic heterocycles. The van der Waals surface area contributed by atoms with Crippen molar-refractivity contribution in [3.8, 4) is 0 Å². The average Bonchev–Trinajstić information content (AvgIpc) is 2.71. The molecule has 0 spiro atoms. The van der Waals surface area contributed by atoms with Crippen molar-refractivity contribution < 1.29 is 9.90 Å². The van der Waals surface area contributed by atoms with E-state index in [0.29, 0.717) is 0 Å². The number of carboxylic acid groups (broad SMARTS) is 1. The van der Waals surface area contributed by atoms with Crippen LogP contribution < -0.4 is 0 Å². The Balaban J connectivity index is 2.59. The molecule has 0 aliphatic heterocycles. The number of rotatable bonds is 7. The van der Waals surface area contributed by atoms with E-state index in [1.54, 1.807) is 17.4 Å². The van der Waals surface area contributed by atoms with Crippen molar-refractivity contribution in [3.05, 3.63) is 28.0 Å². The summed E-state index contributed by atoms with van der Waals surface area (Å²) in [4.78, 5) is 13.9. The number of aliphatic carboxylic acids is 1. The largest absolute Gasteiger partial charge is 0.478 e. The molecular formula is C12H17NO2S2. The molecule has 1 N–H and O–H groups in total. The first kappa shape index (κ1) is 14.3. The predicted octanol–water partition coefficient (Wildman–Crippen LogP) is 2.64. The predicted molar refractivity (Wildman–Crippen MR) is 75.7 cm³/mol. The average molecular weight is 271 g/mol. The highest BCUT2D eigenvalue weighted by molar-refractivity contribution is 7.98. The van der Waals surface area contributed by atoms with E-state index in [4.69, 9.17) is 5.11 Å². The molecule has 5 heteroatoms. The highest BCUT2D eigenvalue weighted by Crippen LogP contribution is 2.20. The number of carboxylic acids is 1. The minimum atomic E-state index is -0.905.